The van der Waals surface area contributed by atoms with Gasteiger partial charge in [-0.1, -0.05) is 6.92 Å². The van der Waals surface area contributed by atoms with Gasteiger partial charge in [-0.25, -0.2) is 0 Å². The molecule has 0 atom stereocenters. The van der Waals surface area contributed by atoms with Crippen LogP contribution in [0.3, 0.4) is 0 Å². The summed E-state index contributed by atoms with van der Waals surface area (Å²) in [7, 11) is 0. The highest BCUT2D eigenvalue weighted by molar-refractivity contribution is 5.00. The van der Waals surface area contributed by atoms with Gasteiger partial charge in [0.15, 0.2) is 0 Å². The van der Waals surface area contributed by atoms with Gasteiger partial charge in [-0.05, 0) is 19.3 Å². The minimum absolute atomic E-state index is 0.331. The van der Waals surface area contributed by atoms with E-state index in [1.165, 1.54) is 12.8 Å². The van der Waals surface area contributed by atoms with E-state index in [4.69, 9.17) is 13.9 Å². The van der Waals surface area contributed by atoms with E-state index >= 15 is 0 Å². The minimum Gasteiger partial charge on any atom is -0.448 e. The number of nitrogens with one attached hydrogen (secondary N) is 1. The van der Waals surface area contributed by atoms with Crippen molar-refractivity contribution in [3.63, 3.8) is 0 Å². The first kappa shape index (κ1) is 12.4. The van der Waals surface area contributed by atoms with Crippen LogP contribution in [0.5, 0.6) is 6.08 Å². The van der Waals surface area contributed by atoms with E-state index in [9.17, 15) is 0 Å². The van der Waals surface area contributed by atoms with E-state index in [1.807, 2.05) is 0 Å². The molecule has 1 aromatic rings. The van der Waals surface area contributed by atoms with Crippen LogP contribution >= 0.6 is 0 Å². The van der Waals surface area contributed by atoms with Crippen molar-refractivity contribution >= 4 is 0 Å². The van der Waals surface area contributed by atoms with E-state index in [-0.39, 0.29) is 0 Å². The Balaban J connectivity index is 1.59. The fourth-order valence-electron chi connectivity index (χ4n) is 1.41. The van der Waals surface area contributed by atoms with Crippen LogP contribution in [0.2, 0.25) is 0 Å². The first-order valence-corrected chi connectivity index (χ1v) is 6.27. The highest BCUT2D eigenvalue weighted by Gasteiger charge is 2.20. The lowest BCUT2D eigenvalue weighted by Crippen LogP contribution is -2.15. The minimum atomic E-state index is 0.331. The topological polar surface area (TPSA) is 56.5 Å². The molecule has 5 heteroatoms. The van der Waals surface area contributed by atoms with Crippen LogP contribution in [0.1, 0.15) is 31.9 Å². The molecule has 0 aliphatic heterocycles. The zero-order valence-corrected chi connectivity index (χ0v) is 10.3. The monoisotopic (exact) mass is 240 g/mol. The van der Waals surface area contributed by atoms with E-state index in [1.54, 1.807) is 6.26 Å². The van der Waals surface area contributed by atoms with E-state index in [2.05, 4.69) is 17.2 Å². The predicted octanol–water partition coefficient (Wildman–Crippen LogP) is 1.73. The zero-order chi connectivity index (χ0) is 11.9. The normalized spacial score (nSPS) is 15.1. The fourth-order valence-corrected chi connectivity index (χ4v) is 1.41. The second kappa shape index (κ2) is 6.61. The second-order valence-electron chi connectivity index (χ2n) is 4.22. The Kier molecular flexibility index (Phi) is 4.82. The van der Waals surface area contributed by atoms with Crippen molar-refractivity contribution in [2.45, 2.75) is 38.8 Å². The SMILES string of the molecule is CCCOCCOc1nc(CNC2CC2)co1. The van der Waals surface area contributed by atoms with Crippen LogP contribution in [0, 0.1) is 0 Å². The zero-order valence-electron chi connectivity index (χ0n) is 10.3. The van der Waals surface area contributed by atoms with Gasteiger partial charge in [0.2, 0.25) is 0 Å². The summed E-state index contributed by atoms with van der Waals surface area (Å²) in [6, 6.07) is 0.679. The summed E-state index contributed by atoms with van der Waals surface area (Å²) in [5, 5.41) is 3.37. The fraction of sp³-hybridized carbons (Fsp3) is 0.750. The molecule has 0 bridgehead atoms. The number of rotatable bonds is 9. The summed E-state index contributed by atoms with van der Waals surface area (Å²) >= 11 is 0. The summed E-state index contributed by atoms with van der Waals surface area (Å²) in [6.07, 6.45) is 5.54. The average molecular weight is 240 g/mol. The Hall–Kier alpha value is -1.07. The molecule has 1 saturated carbocycles. The average Bonchev–Trinajstić information content (AvgIpc) is 3.06. The number of hydrogen-bond acceptors (Lipinski definition) is 5. The van der Waals surface area contributed by atoms with Gasteiger partial charge in [0.05, 0.1) is 12.3 Å². The number of nitrogens with zero attached hydrogens (tertiary/aromatic N) is 1. The van der Waals surface area contributed by atoms with Gasteiger partial charge in [-0.2, -0.15) is 4.98 Å². The van der Waals surface area contributed by atoms with Gasteiger partial charge in [0.25, 0.3) is 0 Å². The van der Waals surface area contributed by atoms with Gasteiger partial charge in [0.1, 0.15) is 12.9 Å². The highest BCUT2D eigenvalue weighted by Crippen LogP contribution is 2.19. The van der Waals surface area contributed by atoms with Crippen LogP contribution < -0.4 is 10.1 Å². The summed E-state index contributed by atoms with van der Waals surface area (Å²) in [5.41, 5.74) is 0.890. The second-order valence-corrected chi connectivity index (χ2v) is 4.22. The van der Waals surface area contributed by atoms with Gasteiger partial charge >= 0.3 is 6.08 Å². The van der Waals surface area contributed by atoms with Crippen molar-refractivity contribution in [1.29, 1.82) is 0 Å². The number of ether oxygens (including phenoxy) is 2. The molecule has 0 spiro atoms. The van der Waals surface area contributed by atoms with Crippen LogP contribution in [-0.4, -0.2) is 30.8 Å². The van der Waals surface area contributed by atoms with E-state index in [0.29, 0.717) is 25.3 Å². The smallest absolute Gasteiger partial charge is 0.393 e. The van der Waals surface area contributed by atoms with Crippen molar-refractivity contribution in [3.05, 3.63) is 12.0 Å². The van der Waals surface area contributed by atoms with E-state index in [0.717, 1.165) is 25.3 Å². The van der Waals surface area contributed by atoms with Gasteiger partial charge in [-0.15, -0.1) is 0 Å². The Morgan fingerprint density at radius 3 is 3.06 bits per heavy atom. The van der Waals surface area contributed by atoms with Crippen LogP contribution in [0.4, 0.5) is 0 Å². The molecule has 2 rings (SSSR count). The molecule has 1 fully saturated rings. The molecule has 17 heavy (non-hydrogen) atoms. The van der Waals surface area contributed by atoms with Gasteiger partial charge in [0, 0.05) is 19.2 Å². The Morgan fingerprint density at radius 2 is 2.29 bits per heavy atom. The molecular formula is C12H20N2O3. The summed E-state index contributed by atoms with van der Waals surface area (Å²) in [4.78, 5) is 4.22. The number of aromatic nitrogens is 1. The Morgan fingerprint density at radius 1 is 1.41 bits per heavy atom. The molecule has 1 N–H and O–H groups in total. The lowest BCUT2D eigenvalue weighted by atomic mass is 10.5. The highest BCUT2D eigenvalue weighted by atomic mass is 16.6. The third-order valence-corrected chi connectivity index (χ3v) is 2.48. The third-order valence-electron chi connectivity index (χ3n) is 2.48. The molecule has 0 radical (unpaired) electrons. The molecule has 0 aromatic carbocycles. The molecule has 0 unspecified atom stereocenters. The van der Waals surface area contributed by atoms with Crippen molar-refractivity contribution in [3.8, 4) is 6.08 Å². The standard InChI is InChI=1S/C12H20N2O3/c1-2-5-15-6-7-16-12-14-11(9-17-12)8-13-10-3-4-10/h9-10,13H,2-8H2,1H3. The maximum Gasteiger partial charge on any atom is 0.393 e. The maximum atomic E-state index is 5.33. The van der Waals surface area contributed by atoms with Crippen LogP contribution in [0.15, 0.2) is 10.7 Å². The number of oxazole rings is 1. The lowest BCUT2D eigenvalue weighted by molar-refractivity contribution is 0.0886. The summed E-state index contributed by atoms with van der Waals surface area (Å²) in [6.45, 7) is 4.66. The number of hydrogen-bond donors (Lipinski definition) is 1. The lowest BCUT2D eigenvalue weighted by Gasteiger charge is -2.01. The van der Waals surface area contributed by atoms with E-state index < -0.39 is 0 Å². The largest absolute Gasteiger partial charge is 0.448 e. The molecule has 0 saturated heterocycles. The third kappa shape index (κ3) is 4.75. The molecule has 1 aliphatic carbocycles. The first-order valence-electron chi connectivity index (χ1n) is 6.27. The predicted molar refractivity (Wildman–Crippen MR) is 63.0 cm³/mol. The molecule has 1 aliphatic rings. The molecule has 5 nitrogen and oxygen atoms in total. The maximum absolute atomic E-state index is 5.33. The Bertz CT molecular complexity index is 323. The first-order chi connectivity index (χ1) is 8.38. The molecule has 1 heterocycles. The molecule has 1 aromatic heterocycles. The van der Waals surface area contributed by atoms with Gasteiger partial charge < -0.3 is 19.2 Å². The van der Waals surface area contributed by atoms with Crippen LogP contribution in [0.25, 0.3) is 0 Å². The quantitative estimate of drug-likeness (QED) is 0.666. The van der Waals surface area contributed by atoms with Gasteiger partial charge in [-0.3, -0.25) is 0 Å². The van der Waals surface area contributed by atoms with Crippen molar-refractivity contribution in [2.24, 2.45) is 0 Å². The molecule has 96 valence electrons. The van der Waals surface area contributed by atoms with Crippen molar-refractivity contribution < 1.29 is 13.9 Å². The Labute approximate surface area is 102 Å². The van der Waals surface area contributed by atoms with Crippen molar-refractivity contribution in [2.75, 3.05) is 19.8 Å². The van der Waals surface area contributed by atoms with Crippen molar-refractivity contribution in [1.82, 2.24) is 10.3 Å². The molecular weight excluding hydrogens is 220 g/mol. The summed E-state index contributed by atoms with van der Waals surface area (Å²) < 4.78 is 15.8. The summed E-state index contributed by atoms with van der Waals surface area (Å²) in [5.74, 6) is 0. The molecule has 0 amide bonds. The van der Waals surface area contributed by atoms with Crippen LogP contribution in [-0.2, 0) is 11.3 Å².